The van der Waals surface area contributed by atoms with Gasteiger partial charge in [0.05, 0.1) is 11.4 Å². The summed E-state index contributed by atoms with van der Waals surface area (Å²) < 4.78 is 1.93. The van der Waals surface area contributed by atoms with Crippen molar-refractivity contribution in [3.8, 4) is 0 Å². The lowest BCUT2D eigenvalue weighted by molar-refractivity contribution is 0.394. The maximum Gasteiger partial charge on any atom is 0.117 e. The predicted octanol–water partition coefficient (Wildman–Crippen LogP) is 2.98. The van der Waals surface area contributed by atoms with Crippen LogP contribution in [0.15, 0.2) is 5.03 Å². The van der Waals surface area contributed by atoms with E-state index >= 15 is 0 Å². The summed E-state index contributed by atoms with van der Waals surface area (Å²) in [7, 11) is 1.98. The molecule has 0 amide bonds. The van der Waals surface area contributed by atoms with E-state index in [1.807, 2.05) is 30.4 Å². The van der Waals surface area contributed by atoms with Crippen molar-refractivity contribution in [3.63, 3.8) is 0 Å². The van der Waals surface area contributed by atoms with Crippen molar-refractivity contribution in [1.29, 1.82) is 0 Å². The zero-order valence-corrected chi connectivity index (χ0v) is 11.2. The van der Waals surface area contributed by atoms with Crippen LogP contribution in [-0.2, 0) is 7.05 Å². The summed E-state index contributed by atoms with van der Waals surface area (Å²) in [6.07, 6.45) is 5.37. The van der Waals surface area contributed by atoms with Gasteiger partial charge in [-0.25, -0.2) is 0 Å². The Morgan fingerprint density at radius 1 is 1.44 bits per heavy atom. The van der Waals surface area contributed by atoms with Crippen LogP contribution in [0.3, 0.4) is 0 Å². The second kappa shape index (κ2) is 4.70. The largest absolute Gasteiger partial charge is 0.395 e. The van der Waals surface area contributed by atoms with Gasteiger partial charge in [-0.2, -0.15) is 5.10 Å². The average molecular weight is 239 g/mol. The van der Waals surface area contributed by atoms with Crippen LogP contribution in [0.25, 0.3) is 0 Å². The Morgan fingerprint density at radius 2 is 2.19 bits per heavy atom. The summed E-state index contributed by atoms with van der Waals surface area (Å²) in [5.74, 6) is 0.863. The third-order valence-corrected chi connectivity index (χ3v) is 4.85. The molecule has 2 rings (SSSR count). The molecule has 1 aliphatic rings. The van der Waals surface area contributed by atoms with Crippen molar-refractivity contribution >= 4 is 17.4 Å². The number of nitrogens with zero attached hydrogens (tertiary/aromatic N) is 2. The van der Waals surface area contributed by atoms with Gasteiger partial charge in [-0.3, -0.25) is 4.68 Å². The number of nitrogen functional groups attached to an aromatic ring is 1. The van der Waals surface area contributed by atoms with Crippen molar-refractivity contribution < 1.29 is 0 Å². The lowest BCUT2D eigenvalue weighted by Crippen LogP contribution is -2.15. The Labute approximate surface area is 102 Å². The number of thioether (sulfide) groups is 1. The first kappa shape index (κ1) is 11.8. The molecule has 1 aliphatic carbocycles. The van der Waals surface area contributed by atoms with Crippen LogP contribution in [0.5, 0.6) is 0 Å². The molecule has 2 N–H and O–H groups in total. The zero-order chi connectivity index (χ0) is 11.7. The molecule has 0 bridgehead atoms. The van der Waals surface area contributed by atoms with Gasteiger partial charge in [0.2, 0.25) is 0 Å². The topological polar surface area (TPSA) is 43.8 Å². The number of hydrogen-bond donors (Lipinski definition) is 1. The summed E-state index contributed by atoms with van der Waals surface area (Å²) in [6, 6.07) is 0. The SMILES string of the molecule is Cc1nn(C)c(SC2CCCC(C)C2)c1N. The standard InChI is InChI=1S/C12H21N3S/c1-8-5-4-6-10(7-8)16-12-11(13)9(2)14-15(12)3/h8,10H,4-7,13H2,1-3H3. The number of aryl methyl sites for hydroxylation is 2. The first-order valence-electron chi connectivity index (χ1n) is 6.03. The molecule has 2 unspecified atom stereocenters. The fourth-order valence-electron chi connectivity index (χ4n) is 2.44. The second-order valence-corrected chi connectivity index (χ2v) is 6.23. The minimum absolute atomic E-state index is 0.723. The fourth-order valence-corrected chi connectivity index (χ4v) is 3.93. The molecule has 1 saturated carbocycles. The molecule has 0 saturated heterocycles. The van der Waals surface area contributed by atoms with Crippen LogP contribution in [0.4, 0.5) is 5.69 Å². The molecule has 1 heterocycles. The van der Waals surface area contributed by atoms with E-state index in [4.69, 9.17) is 5.73 Å². The van der Waals surface area contributed by atoms with Crippen molar-refractivity contribution in [2.24, 2.45) is 13.0 Å². The van der Waals surface area contributed by atoms with E-state index < -0.39 is 0 Å². The first-order chi connectivity index (χ1) is 7.58. The molecule has 4 heteroatoms. The Balaban J connectivity index is 2.08. The van der Waals surface area contributed by atoms with Crippen LogP contribution >= 0.6 is 11.8 Å². The number of anilines is 1. The van der Waals surface area contributed by atoms with E-state index in [1.54, 1.807) is 0 Å². The quantitative estimate of drug-likeness (QED) is 0.863. The lowest BCUT2D eigenvalue weighted by Gasteiger charge is -2.26. The molecule has 90 valence electrons. The van der Waals surface area contributed by atoms with Gasteiger partial charge < -0.3 is 5.73 Å². The average Bonchev–Trinajstić information content (AvgIpc) is 2.45. The monoisotopic (exact) mass is 239 g/mol. The van der Waals surface area contributed by atoms with Crippen LogP contribution in [-0.4, -0.2) is 15.0 Å². The fraction of sp³-hybridized carbons (Fsp3) is 0.750. The van der Waals surface area contributed by atoms with Gasteiger partial charge >= 0.3 is 0 Å². The van der Waals surface area contributed by atoms with E-state index in [2.05, 4.69) is 12.0 Å². The second-order valence-electron chi connectivity index (χ2n) is 4.94. The van der Waals surface area contributed by atoms with Gasteiger partial charge in [-0.15, -0.1) is 11.8 Å². The molecule has 0 spiro atoms. The molecule has 0 aromatic carbocycles. The van der Waals surface area contributed by atoms with Gasteiger partial charge in [0, 0.05) is 12.3 Å². The highest BCUT2D eigenvalue weighted by atomic mass is 32.2. The van der Waals surface area contributed by atoms with Crippen molar-refractivity contribution in [2.45, 2.75) is 49.8 Å². The summed E-state index contributed by atoms with van der Waals surface area (Å²) in [5, 5.41) is 6.24. The van der Waals surface area contributed by atoms with Gasteiger partial charge in [0.15, 0.2) is 0 Å². The molecule has 3 nitrogen and oxygen atoms in total. The zero-order valence-electron chi connectivity index (χ0n) is 10.4. The Morgan fingerprint density at radius 3 is 2.75 bits per heavy atom. The summed E-state index contributed by atoms with van der Waals surface area (Å²) in [4.78, 5) is 0. The molecule has 1 fully saturated rings. The van der Waals surface area contributed by atoms with Gasteiger partial charge in [-0.1, -0.05) is 19.8 Å². The van der Waals surface area contributed by atoms with E-state index in [9.17, 15) is 0 Å². The van der Waals surface area contributed by atoms with Crippen LogP contribution in [0.1, 0.15) is 38.3 Å². The van der Waals surface area contributed by atoms with Gasteiger partial charge in [0.25, 0.3) is 0 Å². The van der Waals surface area contributed by atoms with E-state index in [0.717, 1.165) is 27.6 Å². The van der Waals surface area contributed by atoms with Gasteiger partial charge in [0.1, 0.15) is 5.03 Å². The summed E-state index contributed by atoms with van der Waals surface area (Å²) >= 11 is 1.92. The highest BCUT2D eigenvalue weighted by molar-refractivity contribution is 8.00. The third-order valence-electron chi connectivity index (χ3n) is 3.38. The minimum Gasteiger partial charge on any atom is -0.395 e. The highest BCUT2D eigenvalue weighted by Crippen LogP contribution is 2.38. The van der Waals surface area contributed by atoms with E-state index in [0.29, 0.717) is 0 Å². The molecule has 16 heavy (non-hydrogen) atoms. The molecule has 1 aromatic heterocycles. The number of nitrogens with two attached hydrogens (primary N) is 1. The number of hydrogen-bond acceptors (Lipinski definition) is 3. The maximum atomic E-state index is 6.05. The number of rotatable bonds is 2. The lowest BCUT2D eigenvalue weighted by atomic mass is 9.91. The highest BCUT2D eigenvalue weighted by Gasteiger charge is 2.22. The first-order valence-corrected chi connectivity index (χ1v) is 6.91. The Hall–Kier alpha value is -0.640. The van der Waals surface area contributed by atoms with Gasteiger partial charge in [-0.05, 0) is 25.7 Å². The van der Waals surface area contributed by atoms with Crippen LogP contribution in [0.2, 0.25) is 0 Å². The van der Waals surface area contributed by atoms with E-state index in [1.165, 1.54) is 25.7 Å². The molecule has 0 radical (unpaired) electrons. The normalized spacial score (nSPS) is 25.9. The number of aromatic nitrogens is 2. The van der Waals surface area contributed by atoms with Crippen LogP contribution in [0, 0.1) is 12.8 Å². The smallest absolute Gasteiger partial charge is 0.117 e. The summed E-state index contributed by atoms with van der Waals surface area (Å²) in [5.41, 5.74) is 7.87. The maximum absolute atomic E-state index is 6.05. The van der Waals surface area contributed by atoms with Crippen molar-refractivity contribution in [1.82, 2.24) is 9.78 Å². The molecule has 0 aliphatic heterocycles. The predicted molar refractivity (Wildman–Crippen MR) is 69.6 cm³/mol. The third kappa shape index (κ3) is 2.37. The Bertz CT molecular complexity index is 373. The van der Waals surface area contributed by atoms with Crippen molar-refractivity contribution in [3.05, 3.63) is 5.69 Å². The molecular weight excluding hydrogens is 218 g/mol. The summed E-state index contributed by atoms with van der Waals surface area (Å²) in [6.45, 7) is 4.33. The van der Waals surface area contributed by atoms with E-state index in [-0.39, 0.29) is 0 Å². The Kier molecular flexibility index (Phi) is 3.47. The van der Waals surface area contributed by atoms with Crippen molar-refractivity contribution in [2.75, 3.05) is 5.73 Å². The molecular formula is C12H21N3S. The molecule has 2 atom stereocenters. The van der Waals surface area contributed by atoms with Crippen LogP contribution < -0.4 is 5.73 Å². The minimum atomic E-state index is 0.723. The molecule has 1 aromatic rings.